The van der Waals surface area contributed by atoms with Gasteiger partial charge in [0, 0.05) is 0 Å². The Morgan fingerprint density at radius 3 is 3.03 bits per heavy atom. The summed E-state index contributed by atoms with van der Waals surface area (Å²) in [5, 5.41) is 13.3. The van der Waals surface area contributed by atoms with Crippen molar-refractivity contribution >= 4 is 49.9 Å². The van der Waals surface area contributed by atoms with Gasteiger partial charge in [0.2, 0.25) is 0 Å². The second-order valence-corrected chi connectivity index (χ2v) is 10.5. The fourth-order valence-corrected chi connectivity index (χ4v) is 6.79. The van der Waals surface area contributed by atoms with Gasteiger partial charge < -0.3 is 0 Å². The van der Waals surface area contributed by atoms with Crippen LogP contribution in [0.4, 0.5) is 0 Å². The summed E-state index contributed by atoms with van der Waals surface area (Å²) in [7, 11) is 0. The molecule has 0 saturated carbocycles. The molecular formula is C22H23N5O3Sb. The van der Waals surface area contributed by atoms with Gasteiger partial charge in [-0.15, -0.1) is 0 Å². The maximum absolute atomic E-state index is 12.8. The summed E-state index contributed by atoms with van der Waals surface area (Å²) < 4.78 is 14.6. The third-order valence-corrected chi connectivity index (χ3v) is 8.54. The first kappa shape index (κ1) is 20.7. The molecule has 31 heavy (non-hydrogen) atoms. The van der Waals surface area contributed by atoms with E-state index in [9.17, 15) is 10.1 Å². The third-order valence-electron chi connectivity index (χ3n) is 5.87. The molecule has 0 bridgehead atoms. The molecule has 1 N–H and O–H groups in total. The van der Waals surface area contributed by atoms with Crippen molar-refractivity contribution in [2.45, 2.75) is 42.2 Å². The molecule has 2 saturated heterocycles. The molecular weight excluding hydrogens is 504 g/mol. The summed E-state index contributed by atoms with van der Waals surface area (Å²) in [6.45, 7) is 2.06. The van der Waals surface area contributed by atoms with Crippen LogP contribution in [0.15, 0.2) is 24.4 Å². The number of nitrogens with zero attached hydrogens (tertiary/aromatic N) is 4. The van der Waals surface area contributed by atoms with Gasteiger partial charge in [0.1, 0.15) is 0 Å². The summed E-state index contributed by atoms with van der Waals surface area (Å²) in [6.07, 6.45) is 5.03. The van der Waals surface area contributed by atoms with E-state index in [1.807, 2.05) is 12.1 Å². The van der Waals surface area contributed by atoms with E-state index in [4.69, 9.17) is 12.7 Å². The first-order valence-corrected chi connectivity index (χ1v) is 13.4. The molecule has 2 unspecified atom stereocenters. The number of carbonyl (C=O) groups excluding carboxylic acids is 1. The quantitative estimate of drug-likeness (QED) is 0.512. The van der Waals surface area contributed by atoms with Crippen molar-refractivity contribution in [3.05, 3.63) is 35.8 Å². The Balaban J connectivity index is 1.54. The summed E-state index contributed by atoms with van der Waals surface area (Å²) in [6, 6.07) is 8.01. The normalized spacial score (nSPS) is 21.4. The van der Waals surface area contributed by atoms with E-state index in [0.717, 1.165) is 64.6 Å². The van der Waals surface area contributed by atoms with Crippen LogP contribution in [-0.2, 0) is 19.0 Å². The zero-order valence-electron chi connectivity index (χ0n) is 17.1. The van der Waals surface area contributed by atoms with Crippen molar-refractivity contribution in [1.82, 2.24) is 19.9 Å². The predicted molar refractivity (Wildman–Crippen MR) is 116 cm³/mol. The van der Waals surface area contributed by atoms with Crippen LogP contribution in [0.5, 0.6) is 0 Å². The number of amides is 1. The number of imidazole rings is 1. The Morgan fingerprint density at radius 1 is 1.32 bits per heavy atom. The van der Waals surface area contributed by atoms with E-state index in [2.05, 4.69) is 20.9 Å². The number of nitrogens with one attached hydrogen (secondary N) is 1. The Bertz CT molecular complexity index is 1160. The number of benzene rings is 1. The maximum atomic E-state index is 12.8. The van der Waals surface area contributed by atoms with Crippen molar-refractivity contribution in [3.63, 3.8) is 0 Å². The van der Waals surface area contributed by atoms with Crippen LogP contribution in [0.25, 0.3) is 21.9 Å². The number of carbonyl (C=O) groups is 1. The molecule has 2 atom stereocenters. The van der Waals surface area contributed by atoms with Gasteiger partial charge >= 0.3 is 191 Å². The Morgan fingerprint density at radius 2 is 2.26 bits per heavy atom. The topological polar surface area (TPSA) is 102 Å². The minimum atomic E-state index is -0.689. The SMILES string of the molecule is N#Cc1ccc2ncc3nc(CC(=O)NCC4CCCO4)n(C4CC[O][Sb][CH2]4)c3c2c1. The predicted octanol–water partition coefficient (Wildman–Crippen LogP) is 2.29. The Kier molecular flexibility index (Phi) is 6.08. The van der Waals surface area contributed by atoms with Gasteiger partial charge in [0.15, 0.2) is 0 Å². The fraction of sp³-hybridized carbons (Fsp3) is 0.455. The second-order valence-electron chi connectivity index (χ2n) is 7.94. The molecule has 0 spiro atoms. The summed E-state index contributed by atoms with van der Waals surface area (Å²) in [5.74, 6) is 0.701. The van der Waals surface area contributed by atoms with Gasteiger partial charge in [0.25, 0.3) is 0 Å². The average molecular weight is 527 g/mol. The van der Waals surface area contributed by atoms with Crippen molar-refractivity contribution in [2.24, 2.45) is 0 Å². The summed E-state index contributed by atoms with van der Waals surface area (Å²) in [5.41, 5.74) is 3.14. The molecule has 159 valence electrons. The minimum absolute atomic E-state index is 0.0488. The van der Waals surface area contributed by atoms with Gasteiger partial charge in [-0.1, -0.05) is 0 Å². The molecule has 2 fully saturated rings. The molecule has 3 aromatic rings. The van der Waals surface area contributed by atoms with Gasteiger partial charge in [-0.2, -0.15) is 0 Å². The number of pyridine rings is 1. The van der Waals surface area contributed by atoms with E-state index < -0.39 is 22.0 Å². The number of fused-ring (bicyclic) bond motifs is 3. The van der Waals surface area contributed by atoms with Crippen LogP contribution < -0.4 is 5.32 Å². The molecule has 0 aliphatic carbocycles. The van der Waals surface area contributed by atoms with Crippen molar-refractivity contribution < 1.29 is 12.5 Å². The summed E-state index contributed by atoms with van der Waals surface area (Å²) in [4.78, 5) is 22.1. The standard InChI is InChI=1S/C22H23N5O3.Sb/c1-14(6-7-28)27-20(10-21(29)25-12-16-3-2-8-30-16)26-19-13-24-18-5-4-15(11-23)9-17(18)22(19)27;/h4-5,9,13-14,16H,1-3,6-8,10,12H2,(H,25,29);/q-1;+1. The second kappa shape index (κ2) is 9.12. The molecule has 5 rings (SSSR count). The number of rotatable bonds is 5. The number of hydrogen-bond donors (Lipinski definition) is 1. The zero-order valence-corrected chi connectivity index (χ0v) is 19.6. The van der Waals surface area contributed by atoms with Crippen LogP contribution in [0, 0.1) is 11.3 Å². The van der Waals surface area contributed by atoms with Gasteiger partial charge in [0.05, 0.1) is 0 Å². The Hall–Kier alpha value is -2.20. The molecule has 1 aromatic carbocycles. The molecule has 9 heteroatoms. The molecule has 4 heterocycles. The average Bonchev–Trinajstić information content (AvgIpc) is 3.45. The molecule has 1 amide bonds. The van der Waals surface area contributed by atoms with Crippen LogP contribution in [0.1, 0.15) is 36.7 Å². The first-order chi connectivity index (χ1) is 15.2. The molecule has 1 radical (unpaired) electrons. The van der Waals surface area contributed by atoms with E-state index in [1.54, 1.807) is 12.3 Å². The van der Waals surface area contributed by atoms with Crippen LogP contribution in [0.2, 0.25) is 4.37 Å². The number of aromatic nitrogens is 3. The summed E-state index contributed by atoms with van der Waals surface area (Å²) >= 11 is -0.689. The van der Waals surface area contributed by atoms with Gasteiger partial charge in [-0.3, -0.25) is 0 Å². The number of hydrogen-bond acceptors (Lipinski definition) is 6. The third kappa shape index (κ3) is 4.27. The monoisotopic (exact) mass is 526 g/mol. The molecule has 2 aromatic heterocycles. The van der Waals surface area contributed by atoms with Gasteiger partial charge in [-0.25, -0.2) is 0 Å². The van der Waals surface area contributed by atoms with Crippen LogP contribution in [0.3, 0.4) is 0 Å². The van der Waals surface area contributed by atoms with Crippen molar-refractivity contribution in [3.8, 4) is 6.07 Å². The van der Waals surface area contributed by atoms with Crippen LogP contribution in [-0.4, -0.2) is 68.3 Å². The first-order valence-electron chi connectivity index (χ1n) is 10.6. The number of nitriles is 1. The zero-order chi connectivity index (χ0) is 21.2. The van der Waals surface area contributed by atoms with Gasteiger partial charge in [-0.05, 0) is 0 Å². The van der Waals surface area contributed by atoms with Crippen LogP contribution >= 0.6 is 0 Å². The molecule has 8 nitrogen and oxygen atoms in total. The fourth-order valence-electron chi connectivity index (χ4n) is 4.35. The molecule has 2 aliphatic heterocycles. The van der Waals surface area contributed by atoms with Crippen molar-refractivity contribution in [1.29, 1.82) is 5.26 Å². The van der Waals surface area contributed by atoms with E-state index in [1.165, 1.54) is 0 Å². The van der Waals surface area contributed by atoms with Crippen molar-refractivity contribution in [2.75, 3.05) is 19.8 Å². The molecule has 2 aliphatic rings. The van der Waals surface area contributed by atoms with E-state index in [-0.39, 0.29) is 24.5 Å². The van der Waals surface area contributed by atoms with E-state index >= 15 is 0 Å². The van der Waals surface area contributed by atoms with E-state index in [0.29, 0.717) is 12.1 Å². The number of ether oxygens (including phenoxy) is 1. The Labute approximate surface area is 191 Å².